The van der Waals surface area contributed by atoms with Crippen LogP contribution in [0.1, 0.15) is 32.1 Å². The number of primary amides is 1. The second-order valence-corrected chi connectivity index (χ2v) is 5.45. The number of amides is 4. The van der Waals surface area contributed by atoms with E-state index in [9.17, 15) is 14.4 Å². The zero-order chi connectivity index (χ0) is 14.7. The Morgan fingerprint density at radius 3 is 2.85 bits per heavy atom. The standard InChI is InChI=1S/C13H18ClN3O3/c14-5-2-6-17-10(18)7-8-3-1-4-9(12(15)19)11(8)16-13(17)20/h8H,1-7H2,(H2,15,19)(H,16,20). The Morgan fingerprint density at radius 2 is 2.20 bits per heavy atom. The van der Waals surface area contributed by atoms with E-state index in [1.165, 1.54) is 4.90 Å². The van der Waals surface area contributed by atoms with E-state index in [4.69, 9.17) is 17.3 Å². The average Bonchev–Trinajstić information content (AvgIpc) is 2.51. The number of imide groups is 1. The SMILES string of the molecule is NC(=O)C1=C2NC(=O)N(CCCCl)C(=O)CC2CCC1. The minimum atomic E-state index is -0.522. The summed E-state index contributed by atoms with van der Waals surface area (Å²) < 4.78 is 0. The molecule has 7 heteroatoms. The minimum absolute atomic E-state index is 0.122. The molecule has 1 fully saturated rings. The number of fused-ring (bicyclic) bond motifs is 1. The smallest absolute Gasteiger partial charge is 0.328 e. The van der Waals surface area contributed by atoms with Crippen LogP contribution in [0.3, 0.4) is 0 Å². The summed E-state index contributed by atoms with van der Waals surface area (Å²) in [6.07, 6.45) is 2.91. The van der Waals surface area contributed by atoms with Crippen LogP contribution in [0.4, 0.5) is 4.79 Å². The van der Waals surface area contributed by atoms with E-state index in [1.807, 2.05) is 0 Å². The molecular weight excluding hydrogens is 282 g/mol. The topological polar surface area (TPSA) is 92.5 Å². The first-order valence-corrected chi connectivity index (χ1v) is 7.28. The van der Waals surface area contributed by atoms with Gasteiger partial charge in [0, 0.05) is 36.0 Å². The van der Waals surface area contributed by atoms with E-state index in [-0.39, 0.29) is 18.2 Å². The van der Waals surface area contributed by atoms with Gasteiger partial charge in [0.05, 0.1) is 0 Å². The Hall–Kier alpha value is -1.56. The number of allylic oxidation sites excluding steroid dienone is 1. The highest BCUT2D eigenvalue weighted by Gasteiger charge is 2.35. The molecule has 0 aromatic heterocycles. The lowest BCUT2D eigenvalue weighted by Crippen LogP contribution is -2.42. The maximum Gasteiger partial charge on any atom is 0.328 e. The van der Waals surface area contributed by atoms with Gasteiger partial charge in [0.25, 0.3) is 0 Å². The van der Waals surface area contributed by atoms with Gasteiger partial charge in [-0.15, -0.1) is 11.6 Å². The molecule has 0 spiro atoms. The molecule has 3 N–H and O–H groups in total. The summed E-state index contributed by atoms with van der Waals surface area (Å²) in [6, 6.07) is -0.488. The van der Waals surface area contributed by atoms with Crippen LogP contribution < -0.4 is 11.1 Å². The number of rotatable bonds is 4. The van der Waals surface area contributed by atoms with Gasteiger partial charge < -0.3 is 11.1 Å². The summed E-state index contributed by atoms with van der Waals surface area (Å²) in [6.45, 7) is 0.292. The summed E-state index contributed by atoms with van der Waals surface area (Å²) >= 11 is 5.60. The van der Waals surface area contributed by atoms with Gasteiger partial charge in [-0.2, -0.15) is 0 Å². The Morgan fingerprint density at radius 1 is 1.45 bits per heavy atom. The lowest BCUT2D eigenvalue weighted by Gasteiger charge is -2.24. The molecule has 2 rings (SSSR count). The number of urea groups is 1. The number of hydrogen-bond acceptors (Lipinski definition) is 3. The number of nitrogens with two attached hydrogens (primary N) is 1. The van der Waals surface area contributed by atoms with Crippen molar-refractivity contribution in [2.75, 3.05) is 12.4 Å². The van der Waals surface area contributed by atoms with Crippen LogP contribution in [0.25, 0.3) is 0 Å². The molecule has 0 aromatic carbocycles. The van der Waals surface area contributed by atoms with E-state index >= 15 is 0 Å². The maximum absolute atomic E-state index is 12.1. The molecule has 6 nitrogen and oxygen atoms in total. The molecule has 20 heavy (non-hydrogen) atoms. The number of nitrogens with zero attached hydrogens (tertiary/aromatic N) is 1. The number of halogens is 1. The van der Waals surface area contributed by atoms with Crippen molar-refractivity contribution in [3.63, 3.8) is 0 Å². The summed E-state index contributed by atoms with van der Waals surface area (Å²) in [7, 11) is 0. The second-order valence-electron chi connectivity index (χ2n) is 5.07. The van der Waals surface area contributed by atoms with E-state index < -0.39 is 11.9 Å². The number of carbonyl (C=O) groups excluding carboxylic acids is 3. The summed E-state index contributed by atoms with van der Waals surface area (Å²) in [5, 5.41) is 2.70. The fourth-order valence-electron chi connectivity index (χ4n) is 2.75. The first-order chi connectivity index (χ1) is 9.54. The average molecular weight is 300 g/mol. The van der Waals surface area contributed by atoms with Gasteiger partial charge in [0.2, 0.25) is 11.8 Å². The number of alkyl halides is 1. The molecule has 1 atom stereocenters. The van der Waals surface area contributed by atoms with E-state index in [0.29, 0.717) is 36.5 Å². The van der Waals surface area contributed by atoms with Gasteiger partial charge in [0.15, 0.2) is 0 Å². The molecule has 0 saturated carbocycles. The third kappa shape index (κ3) is 2.95. The highest BCUT2D eigenvalue weighted by Crippen LogP contribution is 2.33. The van der Waals surface area contributed by atoms with E-state index in [1.54, 1.807) is 0 Å². The molecule has 0 aromatic rings. The van der Waals surface area contributed by atoms with Crippen LogP contribution in [0.5, 0.6) is 0 Å². The molecule has 1 aliphatic carbocycles. The fraction of sp³-hybridized carbons (Fsp3) is 0.615. The van der Waals surface area contributed by atoms with Crippen molar-refractivity contribution in [2.45, 2.75) is 32.1 Å². The quantitative estimate of drug-likeness (QED) is 0.761. The number of nitrogens with one attached hydrogen (secondary N) is 1. The molecule has 0 bridgehead atoms. The maximum atomic E-state index is 12.1. The number of hydrogen-bond donors (Lipinski definition) is 2. The van der Waals surface area contributed by atoms with Crippen molar-refractivity contribution in [3.05, 3.63) is 11.3 Å². The van der Waals surface area contributed by atoms with Crippen LogP contribution in [0.15, 0.2) is 11.3 Å². The molecule has 110 valence electrons. The van der Waals surface area contributed by atoms with Gasteiger partial charge in [0.1, 0.15) is 0 Å². The molecule has 1 saturated heterocycles. The van der Waals surface area contributed by atoms with Crippen molar-refractivity contribution >= 4 is 29.4 Å². The molecule has 4 amide bonds. The number of carbonyl (C=O) groups is 3. The summed E-state index contributed by atoms with van der Waals surface area (Å²) in [5.41, 5.74) is 6.34. The highest BCUT2D eigenvalue weighted by atomic mass is 35.5. The van der Waals surface area contributed by atoms with Crippen LogP contribution in [-0.2, 0) is 9.59 Å². The van der Waals surface area contributed by atoms with Gasteiger partial charge in [-0.3, -0.25) is 14.5 Å². The van der Waals surface area contributed by atoms with Crippen LogP contribution in [-0.4, -0.2) is 35.2 Å². The van der Waals surface area contributed by atoms with E-state index in [2.05, 4.69) is 5.32 Å². The van der Waals surface area contributed by atoms with Crippen molar-refractivity contribution in [1.82, 2.24) is 10.2 Å². The van der Waals surface area contributed by atoms with Crippen molar-refractivity contribution < 1.29 is 14.4 Å². The summed E-state index contributed by atoms with van der Waals surface area (Å²) in [4.78, 5) is 36.9. The molecular formula is C13H18ClN3O3. The Kier molecular flexibility index (Phi) is 4.65. The molecule has 1 heterocycles. The zero-order valence-electron chi connectivity index (χ0n) is 11.2. The molecule has 0 radical (unpaired) electrons. The Bertz CT molecular complexity index is 475. The Labute approximate surface area is 122 Å². The van der Waals surface area contributed by atoms with Crippen LogP contribution in [0, 0.1) is 5.92 Å². The van der Waals surface area contributed by atoms with Crippen LogP contribution >= 0.6 is 11.6 Å². The van der Waals surface area contributed by atoms with Gasteiger partial charge in [-0.25, -0.2) is 4.79 Å². The third-order valence-corrected chi connectivity index (χ3v) is 4.00. The van der Waals surface area contributed by atoms with Gasteiger partial charge in [-0.05, 0) is 25.7 Å². The predicted molar refractivity (Wildman–Crippen MR) is 73.8 cm³/mol. The first kappa shape index (κ1) is 14.8. The van der Waals surface area contributed by atoms with Crippen molar-refractivity contribution in [2.24, 2.45) is 11.7 Å². The van der Waals surface area contributed by atoms with Crippen molar-refractivity contribution in [3.8, 4) is 0 Å². The largest absolute Gasteiger partial charge is 0.366 e. The Balaban J connectivity index is 2.28. The monoisotopic (exact) mass is 299 g/mol. The summed E-state index contributed by atoms with van der Waals surface area (Å²) in [5.74, 6) is -0.482. The van der Waals surface area contributed by atoms with Crippen molar-refractivity contribution in [1.29, 1.82) is 0 Å². The lowest BCUT2D eigenvalue weighted by atomic mass is 9.84. The lowest BCUT2D eigenvalue weighted by molar-refractivity contribution is -0.128. The zero-order valence-corrected chi connectivity index (χ0v) is 11.9. The first-order valence-electron chi connectivity index (χ1n) is 6.74. The minimum Gasteiger partial charge on any atom is -0.366 e. The second kappa shape index (κ2) is 6.26. The van der Waals surface area contributed by atoms with Crippen LogP contribution in [0.2, 0.25) is 0 Å². The van der Waals surface area contributed by atoms with Gasteiger partial charge in [-0.1, -0.05) is 0 Å². The third-order valence-electron chi connectivity index (χ3n) is 3.73. The van der Waals surface area contributed by atoms with E-state index in [0.717, 1.165) is 12.8 Å². The molecule has 1 aliphatic heterocycles. The molecule has 2 aliphatic rings. The van der Waals surface area contributed by atoms with Gasteiger partial charge >= 0.3 is 6.03 Å². The predicted octanol–water partition coefficient (Wildman–Crippen LogP) is 1.10. The highest BCUT2D eigenvalue weighted by molar-refractivity contribution is 6.17. The molecule has 1 unspecified atom stereocenters. The normalized spacial score (nSPS) is 23.2. The fourth-order valence-corrected chi connectivity index (χ4v) is 2.87.